The summed E-state index contributed by atoms with van der Waals surface area (Å²) >= 11 is -1.44. The van der Waals surface area contributed by atoms with Crippen LogP contribution < -0.4 is 4.72 Å². The highest BCUT2D eigenvalue weighted by Crippen LogP contribution is 2.48. The number of hydrogen-bond acceptors (Lipinski definition) is 6. The highest BCUT2D eigenvalue weighted by atomic mass is 32.2. The first-order valence-corrected chi connectivity index (χ1v) is 19.1. The van der Waals surface area contributed by atoms with Gasteiger partial charge in [0.2, 0.25) is 5.92 Å². The molecule has 2 atom stereocenters. The van der Waals surface area contributed by atoms with Gasteiger partial charge in [0.05, 0.1) is 41.4 Å². The first kappa shape index (κ1) is 32.7. The van der Waals surface area contributed by atoms with Crippen LogP contribution in [0, 0.1) is 5.92 Å². The molecule has 0 bridgehead atoms. The largest absolute Gasteiger partial charge is 0.598 e. The van der Waals surface area contributed by atoms with Crippen LogP contribution in [-0.4, -0.2) is 43.3 Å². The summed E-state index contributed by atoms with van der Waals surface area (Å²) in [5, 5.41) is 5.69. The van der Waals surface area contributed by atoms with Crippen LogP contribution in [0.1, 0.15) is 71.8 Å². The standard InChI is InChI=1S/C33H43F2N5O2SSi/c1-31(2,3)43(41)39-30(24-18-33(34,35)19-24)27-13-10-12-26(38-27)22-15-16-23-20-36-40(28(23)17-22)29-14-9-11-25(37-29)21-42-44(7,8)32(4,5)6/h9-17,20,24,30,39H,18-19,21H2,1-8H3/t30-,43?/m1/s1. The number of hydrogen-bond donors (Lipinski definition) is 1. The molecule has 5 rings (SSSR count). The van der Waals surface area contributed by atoms with Gasteiger partial charge in [0, 0.05) is 35.2 Å². The van der Waals surface area contributed by atoms with E-state index in [9.17, 15) is 13.3 Å². The van der Waals surface area contributed by atoms with Gasteiger partial charge in [0.15, 0.2) is 14.1 Å². The summed E-state index contributed by atoms with van der Waals surface area (Å²) in [7, 11) is -1.93. The summed E-state index contributed by atoms with van der Waals surface area (Å²) in [6.45, 7) is 17.1. The lowest BCUT2D eigenvalue weighted by molar-refractivity contribution is -0.118. The summed E-state index contributed by atoms with van der Waals surface area (Å²) in [6.07, 6.45) is 1.30. The smallest absolute Gasteiger partial charge is 0.248 e. The third-order valence-electron chi connectivity index (χ3n) is 8.74. The zero-order chi connectivity index (χ0) is 32.1. The molecule has 1 aliphatic rings. The van der Waals surface area contributed by atoms with E-state index >= 15 is 0 Å². The highest BCUT2D eigenvalue weighted by Gasteiger charge is 2.51. The van der Waals surface area contributed by atoms with Crippen LogP contribution in [0.3, 0.4) is 0 Å². The molecule has 1 N–H and O–H groups in total. The van der Waals surface area contributed by atoms with Gasteiger partial charge >= 0.3 is 0 Å². The third kappa shape index (κ3) is 7.07. The van der Waals surface area contributed by atoms with Gasteiger partial charge in [-0.25, -0.2) is 18.4 Å². The molecule has 11 heteroatoms. The van der Waals surface area contributed by atoms with Crippen molar-refractivity contribution in [3.63, 3.8) is 0 Å². The average Bonchev–Trinajstić information content (AvgIpc) is 3.36. The molecule has 4 aromatic rings. The molecule has 236 valence electrons. The fourth-order valence-corrected chi connectivity index (χ4v) is 6.75. The van der Waals surface area contributed by atoms with Crippen LogP contribution in [0.4, 0.5) is 8.78 Å². The number of nitrogens with zero attached hydrogens (tertiary/aromatic N) is 4. The summed E-state index contributed by atoms with van der Waals surface area (Å²) in [5.41, 5.74) is 3.86. The third-order valence-corrected chi connectivity index (χ3v) is 14.8. The first-order chi connectivity index (χ1) is 20.4. The number of alkyl halides is 2. The maximum Gasteiger partial charge on any atom is 0.248 e. The molecule has 3 aromatic heterocycles. The molecule has 3 heterocycles. The minimum absolute atomic E-state index is 0.104. The van der Waals surface area contributed by atoms with Gasteiger partial charge in [0.25, 0.3) is 0 Å². The fourth-order valence-electron chi connectivity index (χ4n) is 4.92. The van der Waals surface area contributed by atoms with Crippen molar-refractivity contribution in [2.24, 2.45) is 5.92 Å². The van der Waals surface area contributed by atoms with E-state index in [0.29, 0.717) is 23.8 Å². The van der Waals surface area contributed by atoms with Crippen LogP contribution in [0.15, 0.2) is 60.8 Å². The van der Waals surface area contributed by atoms with E-state index in [-0.39, 0.29) is 23.8 Å². The van der Waals surface area contributed by atoms with Crippen molar-refractivity contribution in [3.05, 3.63) is 72.2 Å². The summed E-state index contributed by atoms with van der Waals surface area (Å²) in [6, 6.07) is 16.9. The number of aromatic nitrogens is 4. The van der Waals surface area contributed by atoms with Crippen molar-refractivity contribution >= 4 is 30.6 Å². The number of nitrogens with one attached hydrogen (secondary N) is 1. The number of pyridine rings is 2. The van der Waals surface area contributed by atoms with Crippen LogP contribution in [-0.2, 0) is 22.4 Å². The molecule has 1 saturated carbocycles. The van der Waals surface area contributed by atoms with Crippen LogP contribution in [0.2, 0.25) is 18.1 Å². The Labute approximate surface area is 263 Å². The summed E-state index contributed by atoms with van der Waals surface area (Å²) in [4.78, 5) is 9.77. The average molecular weight is 640 g/mol. The molecule has 0 spiro atoms. The van der Waals surface area contributed by atoms with E-state index < -0.39 is 36.4 Å². The zero-order valence-corrected chi connectivity index (χ0v) is 28.6. The molecule has 1 fully saturated rings. The molecule has 44 heavy (non-hydrogen) atoms. The lowest BCUT2D eigenvalue weighted by Gasteiger charge is -2.40. The van der Waals surface area contributed by atoms with Gasteiger partial charge in [-0.05, 0) is 75.2 Å². The fraction of sp³-hybridized carbons (Fsp3) is 0.485. The maximum absolute atomic E-state index is 13.9. The molecular formula is C33H43F2N5O2SSi. The molecule has 1 aromatic carbocycles. The van der Waals surface area contributed by atoms with E-state index in [1.165, 1.54) is 0 Å². The number of halogens is 2. The number of rotatable bonds is 9. The molecule has 0 saturated heterocycles. The molecule has 0 amide bonds. The van der Waals surface area contributed by atoms with Crippen molar-refractivity contribution in [3.8, 4) is 17.1 Å². The van der Waals surface area contributed by atoms with E-state index in [0.717, 1.165) is 22.2 Å². The van der Waals surface area contributed by atoms with Crippen LogP contribution >= 0.6 is 0 Å². The van der Waals surface area contributed by atoms with Crippen molar-refractivity contribution in [2.45, 2.75) is 95.8 Å². The van der Waals surface area contributed by atoms with Gasteiger partial charge in [-0.2, -0.15) is 5.10 Å². The van der Waals surface area contributed by atoms with E-state index in [4.69, 9.17) is 14.4 Å². The quantitative estimate of drug-likeness (QED) is 0.147. The van der Waals surface area contributed by atoms with Crippen molar-refractivity contribution < 1.29 is 17.8 Å². The summed E-state index contributed by atoms with van der Waals surface area (Å²) in [5.74, 6) is -2.37. The highest BCUT2D eigenvalue weighted by molar-refractivity contribution is 7.90. The molecule has 7 nitrogen and oxygen atoms in total. The topological polar surface area (TPSA) is 87.9 Å². The predicted molar refractivity (Wildman–Crippen MR) is 176 cm³/mol. The Hall–Kier alpha value is -2.70. The van der Waals surface area contributed by atoms with Gasteiger partial charge in [0.1, 0.15) is 4.75 Å². The molecular weight excluding hydrogens is 597 g/mol. The Morgan fingerprint density at radius 3 is 2.41 bits per heavy atom. The molecule has 0 aliphatic heterocycles. The van der Waals surface area contributed by atoms with Gasteiger partial charge in [-0.3, -0.25) is 4.98 Å². The van der Waals surface area contributed by atoms with E-state index in [1.807, 2.05) is 86.2 Å². The van der Waals surface area contributed by atoms with Crippen molar-refractivity contribution in [1.29, 1.82) is 0 Å². The van der Waals surface area contributed by atoms with Crippen LogP contribution in [0.25, 0.3) is 28.0 Å². The Kier molecular flexibility index (Phi) is 8.84. The Morgan fingerprint density at radius 1 is 1.05 bits per heavy atom. The van der Waals surface area contributed by atoms with Crippen LogP contribution in [0.5, 0.6) is 0 Å². The lowest BCUT2D eigenvalue weighted by atomic mass is 9.75. The second-order valence-electron chi connectivity index (χ2n) is 14.3. The predicted octanol–water partition coefficient (Wildman–Crippen LogP) is 8.14. The second-order valence-corrected chi connectivity index (χ2v) is 21.1. The minimum atomic E-state index is -2.70. The Bertz CT molecular complexity index is 1620. The lowest BCUT2D eigenvalue weighted by Crippen LogP contribution is -2.48. The second kappa shape index (κ2) is 11.9. The van der Waals surface area contributed by atoms with Gasteiger partial charge in [-0.1, -0.05) is 45.0 Å². The number of fused-ring (bicyclic) bond motifs is 1. The van der Waals surface area contributed by atoms with E-state index in [1.54, 1.807) is 0 Å². The minimum Gasteiger partial charge on any atom is -0.598 e. The number of benzene rings is 1. The van der Waals surface area contributed by atoms with E-state index in [2.05, 4.69) is 43.7 Å². The van der Waals surface area contributed by atoms with Crippen molar-refractivity contribution in [2.75, 3.05) is 0 Å². The SMILES string of the molecule is CC(C)(C)[S+]([O-])N[C@@H](c1cccc(-c2ccc3cnn(-c4cccc(CO[Si](C)(C)C(C)(C)C)n4)c3c2)n1)C1CC(F)(F)C1. The summed E-state index contributed by atoms with van der Waals surface area (Å²) < 4.78 is 51.6. The molecule has 1 aliphatic carbocycles. The van der Waals surface area contributed by atoms with Gasteiger partial charge in [-0.15, -0.1) is 4.72 Å². The zero-order valence-electron chi connectivity index (χ0n) is 26.8. The first-order valence-electron chi connectivity index (χ1n) is 15.0. The Morgan fingerprint density at radius 2 is 1.75 bits per heavy atom. The molecule has 0 radical (unpaired) electrons. The van der Waals surface area contributed by atoms with Gasteiger partial charge < -0.3 is 8.98 Å². The monoisotopic (exact) mass is 639 g/mol. The maximum atomic E-state index is 13.9. The van der Waals surface area contributed by atoms with Crippen molar-refractivity contribution in [1.82, 2.24) is 24.5 Å². The normalized spacial score (nSPS) is 17.4. The molecule has 1 unspecified atom stereocenters. The Balaban J connectivity index is 1.44.